The Morgan fingerprint density at radius 2 is 2.25 bits per heavy atom. The van der Waals surface area contributed by atoms with E-state index in [1.54, 1.807) is 0 Å². The fraction of sp³-hybridized carbons (Fsp3) is 0.562. The van der Waals surface area contributed by atoms with Crippen LogP contribution in [0.4, 0.5) is 0 Å². The average molecular weight is 274 g/mol. The highest BCUT2D eigenvalue weighted by Gasteiger charge is 2.22. The molecule has 0 radical (unpaired) electrons. The van der Waals surface area contributed by atoms with Crippen LogP contribution in [0.1, 0.15) is 34.8 Å². The van der Waals surface area contributed by atoms with E-state index in [1.807, 2.05) is 18.2 Å². The van der Waals surface area contributed by atoms with Crippen molar-refractivity contribution >= 4 is 5.91 Å². The first-order valence-electron chi connectivity index (χ1n) is 7.42. The van der Waals surface area contributed by atoms with Crippen molar-refractivity contribution in [2.75, 3.05) is 19.6 Å². The van der Waals surface area contributed by atoms with Crippen LogP contribution in [0.3, 0.4) is 0 Å². The van der Waals surface area contributed by atoms with E-state index in [4.69, 9.17) is 4.74 Å². The number of rotatable bonds is 3. The van der Waals surface area contributed by atoms with Gasteiger partial charge in [-0.25, -0.2) is 0 Å². The van der Waals surface area contributed by atoms with Gasteiger partial charge in [-0.05, 0) is 54.6 Å². The van der Waals surface area contributed by atoms with Gasteiger partial charge in [0.1, 0.15) is 0 Å². The quantitative estimate of drug-likeness (QED) is 0.882. The molecular formula is C16H22N2O2. The summed E-state index contributed by atoms with van der Waals surface area (Å²) in [4.78, 5) is 12.2. The molecule has 2 unspecified atom stereocenters. The summed E-state index contributed by atoms with van der Waals surface area (Å²) >= 11 is 0. The van der Waals surface area contributed by atoms with Crippen LogP contribution < -0.4 is 10.6 Å². The summed E-state index contributed by atoms with van der Waals surface area (Å²) in [5, 5.41) is 6.47. The van der Waals surface area contributed by atoms with Gasteiger partial charge in [0.05, 0.1) is 13.2 Å². The molecule has 1 saturated heterocycles. The highest BCUT2D eigenvalue weighted by atomic mass is 16.5. The summed E-state index contributed by atoms with van der Waals surface area (Å²) in [5.74, 6) is 1.24. The van der Waals surface area contributed by atoms with Crippen molar-refractivity contribution in [1.82, 2.24) is 10.6 Å². The Labute approximate surface area is 119 Å². The minimum atomic E-state index is 0.0328. The van der Waals surface area contributed by atoms with E-state index < -0.39 is 0 Å². The molecule has 4 heteroatoms. The molecule has 2 heterocycles. The van der Waals surface area contributed by atoms with E-state index in [1.165, 1.54) is 5.56 Å². The van der Waals surface area contributed by atoms with E-state index in [0.717, 1.165) is 37.2 Å². The molecule has 0 aromatic heterocycles. The molecule has 4 nitrogen and oxygen atoms in total. The molecular weight excluding hydrogens is 252 g/mol. The normalized spacial score (nSPS) is 25.2. The highest BCUT2D eigenvalue weighted by molar-refractivity contribution is 5.94. The summed E-state index contributed by atoms with van der Waals surface area (Å²) in [5.41, 5.74) is 3.09. The third-order valence-corrected chi connectivity index (χ3v) is 4.47. The maximum absolute atomic E-state index is 12.2. The van der Waals surface area contributed by atoms with Crippen molar-refractivity contribution in [3.63, 3.8) is 0 Å². The maximum Gasteiger partial charge on any atom is 0.251 e. The fourth-order valence-electron chi connectivity index (χ4n) is 3.01. The van der Waals surface area contributed by atoms with Gasteiger partial charge in [0.2, 0.25) is 0 Å². The van der Waals surface area contributed by atoms with Crippen molar-refractivity contribution in [2.24, 2.45) is 11.8 Å². The smallest absolute Gasteiger partial charge is 0.251 e. The average Bonchev–Trinajstić information content (AvgIpc) is 2.93. The first-order chi connectivity index (χ1) is 9.74. The number of nitrogens with one attached hydrogen (secondary N) is 2. The molecule has 0 spiro atoms. The van der Waals surface area contributed by atoms with Crippen LogP contribution in [0.15, 0.2) is 18.2 Å². The molecule has 20 heavy (non-hydrogen) atoms. The Balaban J connectivity index is 1.59. The van der Waals surface area contributed by atoms with Crippen molar-refractivity contribution in [3.05, 3.63) is 34.9 Å². The zero-order chi connectivity index (χ0) is 13.9. The van der Waals surface area contributed by atoms with Crippen LogP contribution in [0.25, 0.3) is 0 Å². The van der Waals surface area contributed by atoms with Crippen molar-refractivity contribution in [2.45, 2.75) is 26.6 Å². The minimum absolute atomic E-state index is 0.0328. The summed E-state index contributed by atoms with van der Waals surface area (Å²) in [6.45, 7) is 6.42. The van der Waals surface area contributed by atoms with Gasteiger partial charge in [-0.1, -0.05) is 13.0 Å². The fourth-order valence-corrected chi connectivity index (χ4v) is 3.01. The van der Waals surface area contributed by atoms with Gasteiger partial charge in [-0.3, -0.25) is 4.79 Å². The van der Waals surface area contributed by atoms with Gasteiger partial charge in [-0.2, -0.15) is 0 Å². The number of carbonyl (C=O) groups is 1. The molecule has 3 rings (SSSR count). The Morgan fingerprint density at radius 1 is 1.40 bits per heavy atom. The number of ether oxygens (including phenoxy) is 1. The highest BCUT2D eigenvalue weighted by Crippen LogP contribution is 2.21. The lowest BCUT2D eigenvalue weighted by molar-refractivity contribution is 0.0938. The second-order valence-electron chi connectivity index (χ2n) is 5.92. The molecule has 2 atom stereocenters. The van der Waals surface area contributed by atoms with Crippen LogP contribution in [0.5, 0.6) is 0 Å². The third-order valence-electron chi connectivity index (χ3n) is 4.47. The standard InChI is InChI=1S/C16H22N2O2/c1-11-7-17-5-4-13(11)8-18-16(19)12-2-3-14-9-20-10-15(14)6-12/h2-3,6,11,13,17H,4-5,7-10H2,1H3,(H,18,19). The Hall–Kier alpha value is -1.39. The molecule has 108 valence electrons. The van der Waals surface area contributed by atoms with E-state index in [2.05, 4.69) is 17.6 Å². The monoisotopic (exact) mass is 274 g/mol. The first kappa shape index (κ1) is 13.6. The molecule has 0 aliphatic carbocycles. The molecule has 1 fully saturated rings. The topological polar surface area (TPSA) is 50.4 Å². The number of piperidine rings is 1. The van der Waals surface area contributed by atoms with Gasteiger partial charge in [-0.15, -0.1) is 0 Å². The summed E-state index contributed by atoms with van der Waals surface area (Å²) in [6.07, 6.45) is 1.14. The molecule has 1 amide bonds. The lowest BCUT2D eigenvalue weighted by Gasteiger charge is -2.29. The number of fused-ring (bicyclic) bond motifs is 1. The van der Waals surface area contributed by atoms with E-state index in [9.17, 15) is 4.79 Å². The van der Waals surface area contributed by atoms with Gasteiger partial charge in [0, 0.05) is 12.1 Å². The molecule has 2 aliphatic rings. The number of hydrogen-bond acceptors (Lipinski definition) is 3. The van der Waals surface area contributed by atoms with Crippen LogP contribution in [-0.4, -0.2) is 25.5 Å². The lowest BCUT2D eigenvalue weighted by atomic mass is 9.88. The number of amides is 1. The summed E-state index contributed by atoms with van der Waals surface area (Å²) in [7, 11) is 0. The molecule has 2 aliphatic heterocycles. The van der Waals surface area contributed by atoms with Crippen molar-refractivity contribution in [1.29, 1.82) is 0 Å². The SMILES string of the molecule is CC1CNCCC1CNC(=O)c1ccc2c(c1)COC2. The molecule has 1 aromatic carbocycles. The zero-order valence-corrected chi connectivity index (χ0v) is 11.9. The lowest BCUT2D eigenvalue weighted by Crippen LogP contribution is -2.41. The Kier molecular flexibility index (Phi) is 4.03. The van der Waals surface area contributed by atoms with Crippen LogP contribution in [0.2, 0.25) is 0 Å². The van der Waals surface area contributed by atoms with Gasteiger partial charge >= 0.3 is 0 Å². The molecule has 0 saturated carbocycles. The number of benzene rings is 1. The predicted octanol–water partition coefficient (Wildman–Crippen LogP) is 1.69. The van der Waals surface area contributed by atoms with Crippen LogP contribution in [0, 0.1) is 11.8 Å². The third kappa shape index (κ3) is 2.86. The van der Waals surface area contributed by atoms with Crippen LogP contribution in [-0.2, 0) is 18.0 Å². The Bertz CT molecular complexity index is 501. The van der Waals surface area contributed by atoms with Gasteiger partial charge < -0.3 is 15.4 Å². The maximum atomic E-state index is 12.2. The van der Waals surface area contributed by atoms with E-state index in [0.29, 0.717) is 25.0 Å². The second-order valence-corrected chi connectivity index (χ2v) is 5.92. The van der Waals surface area contributed by atoms with Gasteiger partial charge in [0.15, 0.2) is 0 Å². The summed E-state index contributed by atoms with van der Waals surface area (Å²) in [6, 6.07) is 5.86. The van der Waals surface area contributed by atoms with Crippen LogP contribution >= 0.6 is 0 Å². The zero-order valence-electron chi connectivity index (χ0n) is 11.9. The van der Waals surface area contributed by atoms with Crippen molar-refractivity contribution < 1.29 is 9.53 Å². The predicted molar refractivity (Wildman–Crippen MR) is 77.4 cm³/mol. The first-order valence-corrected chi connectivity index (χ1v) is 7.42. The molecule has 1 aromatic rings. The largest absolute Gasteiger partial charge is 0.372 e. The molecule has 0 bridgehead atoms. The van der Waals surface area contributed by atoms with Gasteiger partial charge in [0.25, 0.3) is 5.91 Å². The summed E-state index contributed by atoms with van der Waals surface area (Å²) < 4.78 is 5.38. The van der Waals surface area contributed by atoms with E-state index >= 15 is 0 Å². The van der Waals surface area contributed by atoms with E-state index in [-0.39, 0.29) is 5.91 Å². The second kappa shape index (κ2) is 5.94. The number of hydrogen-bond donors (Lipinski definition) is 2. The number of carbonyl (C=O) groups excluding carboxylic acids is 1. The molecule has 2 N–H and O–H groups in total. The minimum Gasteiger partial charge on any atom is -0.372 e. The van der Waals surface area contributed by atoms with Crippen molar-refractivity contribution in [3.8, 4) is 0 Å². The Morgan fingerprint density at radius 3 is 3.10 bits per heavy atom.